The first-order valence-electron chi connectivity index (χ1n) is 11.4. The Kier molecular flexibility index (Phi) is 8.20. The van der Waals surface area contributed by atoms with Gasteiger partial charge in [-0.25, -0.2) is 0 Å². The molecule has 1 N–H and O–H groups in total. The number of nitrogens with zero attached hydrogens (tertiary/aromatic N) is 3. The second-order valence-corrected chi connectivity index (χ2v) is 9.56. The average molecular weight is 493 g/mol. The van der Waals surface area contributed by atoms with Gasteiger partial charge in [-0.15, -0.1) is 5.10 Å². The van der Waals surface area contributed by atoms with Crippen LogP contribution in [0.4, 0.5) is 0 Å². The lowest BCUT2D eigenvalue weighted by molar-refractivity contribution is -0.0533. The largest absolute Gasteiger partial charge is 0.379 e. The highest BCUT2D eigenvalue weighted by molar-refractivity contribution is 6.42. The molecule has 0 bridgehead atoms. The van der Waals surface area contributed by atoms with Crippen LogP contribution in [0, 0.1) is 6.92 Å². The number of aromatic nitrogens is 2. The average Bonchev–Trinajstić information content (AvgIpc) is 2.83. The first-order valence-corrected chi connectivity index (χ1v) is 12.1. The van der Waals surface area contributed by atoms with E-state index in [1.165, 1.54) is 0 Å². The lowest BCUT2D eigenvalue weighted by Crippen LogP contribution is -2.54. The first kappa shape index (κ1) is 24.4. The number of amides is 1. The number of hydrogen-bond acceptors (Lipinski definition) is 6. The molecule has 1 amide bonds. The van der Waals surface area contributed by atoms with Gasteiger partial charge in [0.1, 0.15) is 0 Å². The summed E-state index contributed by atoms with van der Waals surface area (Å²) in [5.41, 5.74) is 3.23. The van der Waals surface area contributed by atoms with Gasteiger partial charge in [-0.3, -0.25) is 4.79 Å². The zero-order valence-corrected chi connectivity index (χ0v) is 20.5. The molecule has 0 aliphatic carbocycles. The van der Waals surface area contributed by atoms with Gasteiger partial charge in [-0.05, 0) is 61.4 Å². The Morgan fingerprint density at radius 2 is 2.03 bits per heavy atom. The van der Waals surface area contributed by atoms with E-state index in [2.05, 4.69) is 15.5 Å². The maximum absolute atomic E-state index is 13.2. The first-order chi connectivity index (χ1) is 16.0. The molecule has 2 fully saturated rings. The van der Waals surface area contributed by atoms with E-state index < -0.39 is 0 Å². The van der Waals surface area contributed by atoms with Crippen molar-refractivity contribution < 1.29 is 14.3 Å². The van der Waals surface area contributed by atoms with Crippen molar-refractivity contribution in [3.63, 3.8) is 0 Å². The molecule has 2 saturated heterocycles. The molecule has 33 heavy (non-hydrogen) atoms. The van der Waals surface area contributed by atoms with Crippen molar-refractivity contribution in [2.45, 2.75) is 50.8 Å². The van der Waals surface area contributed by atoms with E-state index in [9.17, 15) is 4.79 Å². The summed E-state index contributed by atoms with van der Waals surface area (Å²) < 4.78 is 11.1. The van der Waals surface area contributed by atoms with E-state index in [1.54, 1.807) is 19.4 Å². The van der Waals surface area contributed by atoms with Crippen molar-refractivity contribution in [3.8, 4) is 0 Å². The number of halogens is 2. The number of hydrogen-bond donors (Lipinski definition) is 1. The number of carbonyl (C=O) groups is 1. The fraction of sp³-hybridized carbons (Fsp3) is 0.542. The number of ether oxygens (including phenoxy) is 2. The van der Waals surface area contributed by atoms with Crippen LogP contribution in [-0.4, -0.2) is 72.6 Å². The van der Waals surface area contributed by atoms with Gasteiger partial charge in [0, 0.05) is 38.9 Å². The highest BCUT2D eigenvalue weighted by atomic mass is 35.5. The molecular formula is C24H30Cl2N4O3. The van der Waals surface area contributed by atoms with Crippen LogP contribution in [0.25, 0.3) is 0 Å². The fourth-order valence-electron chi connectivity index (χ4n) is 4.57. The molecule has 0 spiro atoms. The highest BCUT2D eigenvalue weighted by Crippen LogP contribution is 2.25. The van der Waals surface area contributed by atoms with Gasteiger partial charge in [0.2, 0.25) is 0 Å². The number of rotatable bonds is 6. The van der Waals surface area contributed by atoms with Gasteiger partial charge in [0.05, 0.1) is 29.0 Å². The predicted molar refractivity (Wildman–Crippen MR) is 128 cm³/mol. The van der Waals surface area contributed by atoms with E-state index in [0.29, 0.717) is 53.9 Å². The lowest BCUT2D eigenvalue weighted by Gasteiger charge is -2.38. The van der Waals surface area contributed by atoms with Crippen LogP contribution in [-0.2, 0) is 15.9 Å². The van der Waals surface area contributed by atoms with Gasteiger partial charge in [0.15, 0.2) is 5.69 Å². The minimum Gasteiger partial charge on any atom is -0.379 e. The van der Waals surface area contributed by atoms with Gasteiger partial charge in [-0.1, -0.05) is 29.3 Å². The second-order valence-electron chi connectivity index (χ2n) is 8.75. The van der Waals surface area contributed by atoms with Crippen LogP contribution >= 0.6 is 23.2 Å². The quantitative estimate of drug-likeness (QED) is 0.662. The topological polar surface area (TPSA) is 76.6 Å². The third kappa shape index (κ3) is 5.84. The Bertz CT molecular complexity index is 982. The van der Waals surface area contributed by atoms with Crippen LogP contribution < -0.4 is 5.32 Å². The van der Waals surface area contributed by atoms with Crippen LogP contribution in [0.1, 0.15) is 46.4 Å². The van der Waals surface area contributed by atoms with Gasteiger partial charge in [0.25, 0.3) is 5.91 Å². The van der Waals surface area contributed by atoms with Crippen LogP contribution in [0.2, 0.25) is 10.0 Å². The van der Waals surface area contributed by atoms with Crippen LogP contribution in [0.15, 0.2) is 24.4 Å². The van der Waals surface area contributed by atoms with E-state index in [4.69, 9.17) is 32.7 Å². The number of piperidine rings is 1. The number of methoxy groups -OCH3 is 1. The maximum atomic E-state index is 13.2. The maximum Gasteiger partial charge on any atom is 0.274 e. The molecule has 178 valence electrons. The van der Waals surface area contributed by atoms with Crippen molar-refractivity contribution in [3.05, 3.63) is 56.8 Å². The summed E-state index contributed by atoms with van der Waals surface area (Å²) in [5.74, 6) is -0.0599. The van der Waals surface area contributed by atoms with Gasteiger partial charge < -0.3 is 19.7 Å². The van der Waals surface area contributed by atoms with Crippen molar-refractivity contribution in [1.82, 2.24) is 20.4 Å². The fourth-order valence-corrected chi connectivity index (χ4v) is 4.89. The number of likely N-dealkylation sites (tertiary alicyclic amines) is 1. The summed E-state index contributed by atoms with van der Waals surface area (Å²) in [5, 5.41) is 13.1. The second kappa shape index (κ2) is 11.1. The van der Waals surface area contributed by atoms with Gasteiger partial charge >= 0.3 is 0 Å². The highest BCUT2D eigenvalue weighted by Gasteiger charge is 2.31. The zero-order chi connectivity index (χ0) is 23.4. The molecule has 2 aromatic rings. The molecule has 7 nitrogen and oxygen atoms in total. The molecule has 2 aliphatic heterocycles. The molecule has 9 heteroatoms. The third-order valence-electron chi connectivity index (χ3n) is 6.63. The molecule has 0 saturated carbocycles. The molecule has 1 aromatic heterocycles. The minimum atomic E-state index is -0.0599. The normalized spacial score (nSPS) is 21.9. The molecule has 2 aliphatic rings. The van der Waals surface area contributed by atoms with E-state index in [1.807, 2.05) is 24.0 Å². The summed E-state index contributed by atoms with van der Waals surface area (Å²) in [6.07, 6.45) is 5.14. The Labute approximate surface area is 204 Å². The number of benzene rings is 1. The molecule has 1 aromatic carbocycles. The lowest BCUT2D eigenvalue weighted by atomic mass is 9.98. The van der Waals surface area contributed by atoms with Crippen LogP contribution in [0.3, 0.4) is 0 Å². The molecule has 0 unspecified atom stereocenters. The third-order valence-corrected chi connectivity index (χ3v) is 7.37. The van der Waals surface area contributed by atoms with Crippen molar-refractivity contribution in [1.29, 1.82) is 0 Å². The summed E-state index contributed by atoms with van der Waals surface area (Å²) >= 11 is 12.2. The Morgan fingerprint density at radius 3 is 2.76 bits per heavy atom. The number of carbonyl (C=O) groups excluding carboxylic acids is 1. The number of nitrogens with one attached hydrogen (secondary N) is 1. The molecule has 4 rings (SSSR count). The molecule has 2 atom stereocenters. The smallest absolute Gasteiger partial charge is 0.274 e. The predicted octanol–water partition coefficient (Wildman–Crippen LogP) is 3.68. The van der Waals surface area contributed by atoms with E-state index in [0.717, 1.165) is 42.6 Å². The summed E-state index contributed by atoms with van der Waals surface area (Å²) in [4.78, 5) is 15.1. The standard InChI is InChI=1S/C24H30Cl2N4O3/c1-15-17(11-16-3-4-19(25)20(26)12-16)13-27-29-23(15)24(31)30-8-5-18(6-9-30)28-21-7-10-33-14-22(21)32-2/h3-4,12-13,18,21-22,28H,5-11,14H2,1-2H3/t21-,22+/m0/s1. The summed E-state index contributed by atoms with van der Waals surface area (Å²) in [7, 11) is 1.73. The zero-order valence-electron chi connectivity index (χ0n) is 19.0. The molecular weight excluding hydrogens is 463 g/mol. The summed E-state index contributed by atoms with van der Waals surface area (Å²) in [6, 6.07) is 6.21. The molecule has 3 heterocycles. The van der Waals surface area contributed by atoms with Crippen molar-refractivity contribution in [2.75, 3.05) is 33.4 Å². The van der Waals surface area contributed by atoms with Crippen molar-refractivity contribution >= 4 is 29.1 Å². The van der Waals surface area contributed by atoms with E-state index in [-0.39, 0.29) is 12.0 Å². The Morgan fingerprint density at radius 1 is 1.24 bits per heavy atom. The SMILES string of the molecule is CO[C@@H]1COCC[C@@H]1NC1CCN(C(=O)c2nncc(Cc3ccc(Cl)c(Cl)c3)c2C)CC1. The minimum absolute atomic E-state index is 0.0599. The monoisotopic (exact) mass is 492 g/mol. The van der Waals surface area contributed by atoms with Crippen molar-refractivity contribution in [2.24, 2.45) is 0 Å². The molecule has 0 radical (unpaired) electrons. The summed E-state index contributed by atoms with van der Waals surface area (Å²) in [6.45, 7) is 4.69. The van der Waals surface area contributed by atoms with Crippen LogP contribution in [0.5, 0.6) is 0 Å². The Hall–Kier alpha value is -1.77. The Balaban J connectivity index is 1.37. The van der Waals surface area contributed by atoms with E-state index >= 15 is 0 Å². The van der Waals surface area contributed by atoms with Gasteiger partial charge in [-0.2, -0.15) is 5.10 Å².